The summed E-state index contributed by atoms with van der Waals surface area (Å²) in [7, 11) is 0. The van der Waals surface area contributed by atoms with E-state index in [0.717, 1.165) is 11.8 Å². The van der Waals surface area contributed by atoms with Crippen LogP contribution in [0.3, 0.4) is 0 Å². The highest BCUT2D eigenvalue weighted by molar-refractivity contribution is 5.90. The molecule has 6 atom stereocenters. The zero-order valence-electron chi connectivity index (χ0n) is 13.5. The number of rotatable bonds is 3. The van der Waals surface area contributed by atoms with Crippen LogP contribution in [0.1, 0.15) is 48.9 Å². The Morgan fingerprint density at radius 3 is 2.17 bits per heavy atom. The van der Waals surface area contributed by atoms with E-state index in [-0.39, 0.29) is 17.3 Å². The summed E-state index contributed by atoms with van der Waals surface area (Å²) in [6.07, 6.45) is 7.44. The number of nitro benzene ring substituents is 1. The Labute approximate surface area is 140 Å². The highest BCUT2D eigenvalue weighted by atomic mass is 16.6. The minimum atomic E-state index is -0.449. The number of carbonyl (C=O) groups excluding carboxylic acids is 1. The molecule has 4 bridgehead atoms. The molecule has 4 saturated carbocycles. The second-order valence-electron chi connectivity index (χ2n) is 8.11. The standard InChI is InChI=1S/C19H21NO4/c21-18(11-3-7-16(8-4-11)20(22)23)24-19-14-5-1-12(9-14)17(19)13-2-6-15(19)10-13/h3-4,7-8,12-15,17H,1-2,5-6,9-10H2/t12-,13+,14-,15-,17?,19?/m1/s1. The van der Waals surface area contributed by atoms with Crippen molar-refractivity contribution in [2.75, 3.05) is 0 Å². The van der Waals surface area contributed by atoms with Crippen LogP contribution >= 0.6 is 0 Å². The van der Waals surface area contributed by atoms with Gasteiger partial charge in [0, 0.05) is 18.1 Å². The highest BCUT2D eigenvalue weighted by Crippen LogP contribution is 2.71. The lowest BCUT2D eigenvalue weighted by Gasteiger charge is -2.46. The Kier molecular flexibility index (Phi) is 2.89. The van der Waals surface area contributed by atoms with Crippen LogP contribution in [0.2, 0.25) is 0 Å². The van der Waals surface area contributed by atoms with Crippen LogP contribution in [-0.2, 0) is 4.74 Å². The number of carbonyl (C=O) groups is 1. The number of fused-ring (bicyclic) bond motifs is 9. The van der Waals surface area contributed by atoms with Crippen LogP contribution < -0.4 is 0 Å². The predicted octanol–water partition coefficient (Wildman–Crippen LogP) is 3.97. The van der Waals surface area contributed by atoms with Gasteiger partial charge in [0.05, 0.1) is 10.5 Å². The maximum Gasteiger partial charge on any atom is 0.338 e. The zero-order valence-corrected chi connectivity index (χ0v) is 13.5. The van der Waals surface area contributed by atoms with Gasteiger partial charge < -0.3 is 4.74 Å². The van der Waals surface area contributed by atoms with E-state index in [0.29, 0.717) is 23.3 Å². The van der Waals surface area contributed by atoms with E-state index in [1.54, 1.807) is 0 Å². The minimum Gasteiger partial charge on any atom is -0.455 e. The third-order valence-electron chi connectivity index (χ3n) is 7.34. The molecule has 24 heavy (non-hydrogen) atoms. The third kappa shape index (κ3) is 1.73. The third-order valence-corrected chi connectivity index (χ3v) is 7.34. The molecule has 0 amide bonds. The fourth-order valence-electron chi connectivity index (χ4n) is 6.68. The molecule has 0 saturated heterocycles. The largest absolute Gasteiger partial charge is 0.455 e. The van der Waals surface area contributed by atoms with Crippen LogP contribution in [0.25, 0.3) is 0 Å². The molecule has 5 nitrogen and oxygen atoms in total. The SMILES string of the molecule is O=C(OC12C([C@@H]3CC[C@@H]1C3)[C@H]1CC[C@@H]2C1)c1ccc([N+](=O)[O-])cc1. The number of esters is 1. The van der Waals surface area contributed by atoms with E-state index < -0.39 is 4.92 Å². The Hall–Kier alpha value is -1.91. The molecule has 4 fully saturated rings. The Balaban J connectivity index is 1.44. The zero-order chi connectivity index (χ0) is 16.5. The van der Waals surface area contributed by atoms with E-state index in [2.05, 4.69) is 0 Å². The van der Waals surface area contributed by atoms with Crippen molar-refractivity contribution >= 4 is 11.7 Å². The van der Waals surface area contributed by atoms with Gasteiger partial charge in [-0.1, -0.05) is 0 Å². The maximum atomic E-state index is 12.8. The first-order valence-corrected chi connectivity index (χ1v) is 9.07. The summed E-state index contributed by atoms with van der Waals surface area (Å²) in [6.45, 7) is 0. The van der Waals surface area contributed by atoms with Gasteiger partial charge in [-0.25, -0.2) is 4.79 Å². The number of non-ortho nitro benzene ring substituents is 1. The molecule has 1 aromatic carbocycles. The number of hydrogen-bond donors (Lipinski definition) is 0. The topological polar surface area (TPSA) is 69.4 Å². The lowest BCUT2D eigenvalue weighted by atomic mass is 9.67. The maximum absolute atomic E-state index is 12.8. The molecule has 4 aliphatic rings. The van der Waals surface area contributed by atoms with Crippen molar-refractivity contribution in [3.05, 3.63) is 39.9 Å². The van der Waals surface area contributed by atoms with Crippen LogP contribution in [-0.4, -0.2) is 16.5 Å². The van der Waals surface area contributed by atoms with Crippen LogP contribution in [0.5, 0.6) is 0 Å². The van der Waals surface area contributed by atoms with Crippen molar-refractivity contribution in [2.24, 2.45) is 29.6 Å². The summed E-state index contributed by atoms with van der Waals surface area (Å²) in [5.41, 5.74) is 0.201. The molecule has 2 unspecified atom stereocenters. The molecular weight excluding hydrogens is 306 g/mol. The Bertz CT molecular complexity index is 691. The second kappa shape index (κ2) is 4.80. The summed E-state index contributed by atoms with van der Waals surface area (Å²) in [5.74, 6) is 2.83. The summed E-state index contributed by atoms with van der Waals surface area (Å²) < 4.78 is 6.27. The van der Waals surface area contributed by atoms with Gasteiger partial charge in [0.2, 0.25) is 0 Å². The predicted molar refractivity (Wildman–Crippen MR) is 86.4 cm³/mol. The number of ether oxygens (including phenoxy) is 1. The molecule has 5 rings (SSSR count). The lowest BCUT2D eigenvalue weighted by molar-refractivity contribution is -0.384. The fraction of sp³-hybridized carbons (Fsp3) is 0.632. The first kappa shape index (κ1) is 14.4. The summed E-state index contributed by atoms with van der Waals surface area (Å²) >= 11 is 0. The first-order chi connectivity index (χ1) is 11.6. The van der Waals surface area contributed by atoms with Crippen molar-refractivity contribution in [3.63, 3.8) is 0 Å². The van der Waals surface area contributed by atoms with Gasteiger partial charge in [0.15, 0.2) is 0 Å². The van der Waals surface area contributed by atoms with E-state index in [4.69, 9.17) is 4.74 Å². The fourth-order valence-corrected chi connectivity index (χ4v) is 6.68. The highest BCUT2D eigenvalue weighted by Gasteiger charge is 2.71. The molecule has 0 heterocycles. The molecule has 0 N–H and O–H groups in total. The number of nitro groups is 1. The van der Waals surface area contributed by atoms with Gasteiger partial charge in [-0.05, 0) is 74.3 Å². The molecule has 0 spiro atoms. The molecule has 4 aliphatic carbocycles. The van der Waals surface area contributed by atoms with Crippen molar-refractivity contribution in [3.8, 4) is 0 Å². The van der Waals surface area contributed by atoms with E-state index in [9.17, 15) is 14.9 Å². The van der Waals surface area contributed by atoms with Gasteiger partial charge in [0.25, 0.3) is 5.69 Å². The number of hydrogen-bond acceptors (Lipinski definition) is 4. The van der Waals surface area contributed by atoms with Gasteiger partial charge in [-0.2, -0.15) is 0 Å². The van der Waals surface area contributed by atoms with Crippen LogP contribution in [0.4, 0.5) is 5.69 Å². The second-order valence-corrected chi connectivity index (χ2v) is 8.11. The van der Waals surface area contributed by atoms with Crippen molar-refractivity contribution in [1.29, 1.82) is 0 Å². The van der Waals surface area contributed by atoms with Gasteiger partial charge in [-0.15, -0.1) is 0 Å². The molecule has 0 aromatic heterocycles. The molecular formula is C19H21NO4. The van der Waals surface area contributed by atoms with Gasteiger partial charge >= 0.3 is 5.97 Å². The average Bonchev–Trinajstić information content (AvgIpc) is 3.34. The quantitative estimate of drug-likeness (QED) is 0.364. The van der Waals surface area contributed by atoms with Crippen molar-refractivity contribution in [1.82, 2.24) is 0 Å². The molecule has 126 valence electrons. The van der Waals surface area contributed by atoms with Crippen LogP contribution in [0.15, 0.2) is 24.3 Å². The molecule has 1 aromatic rings. The minimum absolute atomic E-state index is 0.00226. The first-order valence-electron chi connectivity index (χ1n) is 9.07. The molecule has 0 aliphatic heterocycles. The Morgan fingerprint density at radius 2 is 1.62 bits per heavy atom. The number of benzene rings is 1. The van der Waals surface area contributed by atoms with Crippen molar-refractivity contribution in [2.45, 2.75) is 44.1 Å². The Morgan fingerprint density at radius 1 is 1.04 bits per heavy atom. The van der Waals surface area contributed by atoms with E-state index in [1.165, 1.54) is 62.8 Å². The van der Waals surface area contributed by atoms with E-state index in [1.807, 2.05) is 0 Å². The monoisotopic (exact) mass is 327 g/mol. The smallest absolute Gasteiger partial charge is 0.338 e. The molecule has 0 radical (unpaired) electrons. The summed E-state index contributed by atoms with van der Waals surface area (Å²) in [6, 6.07) is 5.81. The van der Waals surface area contributed by atoms with Crippen LogP contribution in [0, 0.1) is 39.7 Å². The normalized spacial score (nSPS) is 41.4. The number of nitrogens with zero attached hydrogens (tertiary/aromatic N) is 1. The van der Waals surface area contributed by atoms with E-state index >= 15 is 0 Å². The van der Waals surface area contributed by atoms with Crippen molar-refractivity contribution < 1.29 is 14.5 Å². The lowest BCUT2D eigenvalue weighted by Crippen LogP contribution is -2.51. The summed E-state index contributed by atoms with van der Waals surface area (Å²) in [4.78, 5) is 23.1. The van der Waals surface area contributed by atoms with Gasteiger partial charge in [0.1, 0.15) is 5.60 Å². The molecule has 5 heteroatoms. The summed E-state index contributed by atoms with van der Waals surface area (Å²) in [5, 5.41) is 10.8. The van der Waals surface area contributed by atoms with Gasteiger partial charge in [-0.3, -0.25) is 10.1 Å². The average molecular weight is 327 g/mol.